The molecule has 7 N–H and O–H groups in total. The van der Waals surface area contributed by atoms with Crippen LogP contribution in [0.25, 0.3) is 0 Å². The standard InChI is InChI=1S/C28H38N8O2/c1-28(2,3)23(38-31)14-15-32-20-8-10-21(11-9-20)35-27-24(26(30)33-18-34-27)25(29)19-6-12-22(13-7-19)37-17-16-36(4)5/h6-14,18,29,32H,15-17,31H2,1-5H3,(H3,30,33,34,35)/b23-14-,29-25?. The zero-order valence-corrected chi connectivity index (χ0v) is 22.7. The van der Waals surface area contributed by atoms with E-state index in [9.17, 15) is 0 Å². The van der Waals surface area contributed by atoms with Crippen molar-refractivity contribution in [3.05, 3.63) is 77.8 Å². The summed E-state index contributed by atoms with van der Waals surface area (Å²) in [6, 6.07) is 15.1. The van der Waals surface area contributed by atoms with E-state index in [0.717, 1.165) is 23.7 Å². The molecule has 2 aromatic carbocycles. The van der Waals surface area contributed by atoms with E-state index >= 15 is 0 Å². The molecule has 0 saturated heterocycles. The molecular weight excluding hydrogens is 480 g/mol. The normalized spacial score (nSPS) is 11.8. The lowest BCUT2D eigenvalue weighted by Gasteiger charge is -2.20. The number of nitrogen functional groups attached to an aromatic ring is 1. The molecule has 0 aliphatic carbocycles. The van der Waals surface area contributed by atoms with Gasteiger partial charge in [0.05, 0.1) is 11.3 Å². The van der Waals surface area contributed by atoms with Gasteiger partial charge in [-0.05, 0) is 68.7 Å². The smallest absolute Gasteiger partial charge is 0.145 e. The van der Waals surface area contributed by atoms with E-state index < -0.39 is 0 Å². The zero-order chi connectivity index (χ0) is 27.7. The lowest BCUT2D eigenvalue weighted by molar-refractivity contribution is 0.155. The highest BCUT2D eigenvalue weighted by atomic mass is 16.6. The van der Waals surface area contributed by atoms with Gasteiger partial charge in [-0.3, -0.25) is 5.41 Å². The Morgan fingerprint density at radius 2 is 1.68 bits per heavy atom. The van der Waals surface area contributed by atoms with E-state index in [1.54, 1.807) is 0 Å². The van der Waals surface area contributed by atoms with Crippen LogP contribution >= 0.6 is 0 Å². The first kappa shape index (κ1) is 28.4. The molecule has 0 bridgehead atoms. The summed E-state index contributed by atoms with van der Waals surface area (Å²) >= 11 is 0. The first-order valence-corrected chi connectivity index (χ1v) is 12.3. The van der Waals surface area contributed by atoms with Crippen molar-refractivity contribution in [2.45, 2.75) is 20.8 Å². The Balaban J connectivity index is 1.69. The van der Waals surface area contributed by atoms with Gasteiger partial charge in [0.15, 0.2) is 0 Å². The molecule has 1 aromatic heterocycles. The van der Waals surface area contributed by atoms with Crippen LogP contribution in [0.15, 0.2) is 66.7 Å². The maximum Gasteiger partial charge on any atom is 0.145 e. The predicted molar refractivity (Wildman–Crippen MR) is 154 cm³/mol. The number of nitrogens with zero attached hydrogens (tertiary/aromatic N) is 3. The van der Waals surface area contributed by atoms with E-state index in [4.69, 9.17) is 26.6 Å². The van der Waals surface area contributed by atoms with Crippen molar-refractivity contribution in [1.82, 2.24) is 14.9 Å². The largest absolute Gasteiger partial charge is 0.492 e. The fourth-order valence-electron chi connectivity index (χ4n) is 3.55. The summed E-state index contributed by atoms with van der Waals surface area (Å²) in [6.07, 6.45) is 3.31. The van der Waals surface area contributed by atoms with Crippen LogP contribution in [0.2, 0.25) is 0 Å². The Morgan fingerprint density at radius 1 is 1.03 bits per heavy atom. The number of likely N-dealkylation sites (N-methyl/N-ethyl adjacent to an activating group) is 1. The van der Waals surface area contributed by atoms with Crippen LogP contribution in [0, 0.1) is 10.8 Å². The minimum atomic E-state index is -0.170. The lowest BCUT2D eigenvalue weighted by atomic mass is 9.93. The highest BCUT2D eigenvalue weighted by Gasteiger charge is 2.18. The van der Waals surface area contributed by atoms with Gasteiger partial charge in [-0.1, -0.05) is 20.8 Å². The van der Waals surface area contributed by atoms with Gasteiger partial charge in [0.1, 0.15) is 36.1 Å². The van der Waals surface area contributed by atoms with Gasteiger partial charge < -0.3 is 30.8 Å². The molecule has 0 saturated carbocycles. The van der Waals surface area contributed by atoms with E-state index in [2.05, 4.69) is 25.5 Å². The summed E-state index contributed by atoms with van der Waals surface area (Å²) in [5.41, 5.74) is 9.06. The SMILES string of the molecule is CN(C)CCOc1ccc(C(=N)c2c(N)ncnc2Nc2ccc(NC/C=C(\ON)C(C)(C)C)cc2)cc1. The minimum Gasteiger partial charge on any atom is -0.492 e. The molecule has 0 atom stereocenters. The maximum atomic E-state index is 8.81. The number of aromatic nitrogens is 2. The number of hydrogen-bond acceptors (Lipinski definition) is 10. The Labute approximate surface area is 224 Å². The van der Waals surface area contributed by atoms with Gasteiger partial charge in [0.25, 0.3) is 0 Å². The third-order valence-corrected chi connectivity index (χ3v) is 5.68. The summed E-state index contributed by atoms with van der Waals surface area (Å²) in [5, 5.41) is 15.4. The van der Waals surface area contributed by atoms with Crippen molar-refractivity contribution in [2.24, 2.45) is 11.3 Å². The number of ether oxygens (including phenoxy) is 1. The molecule has 3 aromatic rings. The Kier molecular flexibility index (Phi) is 9.64. The average Bonchev–Trinajstić information content (AvgIpc) is 2.87. The van der Waals surface area contributed by atoms with E-state index in [0.29, 0.717) is 35.9 Å². The van der Waals surface area contributed by atoms with Gasteiger partial charge in [-0.2, -0.15) is 5.90 Å². The summed E-state index contributed by atoms with van der Waals surface area (Å²) in [7, 11) is 4.00. The number of hydrogen-bond donors (Lipinski definition) is 5. The average molecular weight is 519 g/mol. The van der Waals surface area contributed by atoms with Crippen LogP contribution in [0.4, 0.5) is 23.0 Å². The molecule has 1 heterocycles. The molecular formula is C28H38N8O2. The number of rotatable bonds is 12. The second-order valence-electron chi connectivity index (χ2n) is 10.1. The summed E-state index contributed by atoms with van der Waals surface area (Å²) in [5.74, 6) is 7.53. The highest BCUT2D eigenvalue weighted by Crippen LogP contribution is 2.27. The van der Waals surface area contributed by atoms with E-state index in [-0.39, 0.29) is 16.9 Å². The monoisotopic (exact) mass is 518 g/mol. The van der Waals surface area contributed by atoms with Crippen LogP contribution in [0.3, 0.4) is 0 Å². The van der Waals surface area contributed by atoms with Crippen molar-refractivity contribution in [3.8, 4) is 5.75 Å². The van der Waals surface area contributed by atoms with Gasteiger partial charge in [0, 0.05) is 35.4 Å². The predicted octanol–water partition coefficient (Wildman–Crippen LogP) is 4.39. The summed E-state index contributed by atoms with van der Waals surface area (Å²) < 4.78 is 5.76. The van der Waals surface area contributed by atoms with Crippen molar-refractivity contribution >= 4 is 28.7 Å². The van der Waals surface area contributed by atoms with Crippen LogP contribution in [-0.2, 0) is 4.84 Å². The molecule has 0 aliphatic heterocycles. The van der Waals surface area contributed by atoms with Gasteiger partial charge in [0.2, 0.25) is 0 Å². The maximum absolute atomic E-state index is 8.81. The van der Waals surface area contributed by atoms with Crippen molar-refractivity contribution in [1.29, 1.82) is 5.41 Å². The second-order valence-corrected chi connectivity index (χ2v) is 10.1. The molecule has 10 nitrogen and oxygen atoms in total. The van der Waals surface area contributed by atoms with Gasteiger partial charge in [-0.25, -0.2) is 9.97 Å². The lowest BCUT2D eigenvalue weighted by Crippen LogP contribution is -2.19. The number of allylic oxidation sites excluding steroid dienone is 1. The Bertz CT molecular complexity index is 1230. The Morgan fingerprint density at radius 3 is 2.29 bits per heavy atom. The molecule has 0 fully saturated rings. The fraction of sp³-hybridized carbons (Fsp3) is 0.321. The second kappa shape index (κ2) is 12.9. The summed E-state index contributed by atoms with van der Waals surface area (Å²) in [4.78, 5) is 15.5. The molecule has 0 amide bonds. The summed E-state index contributed by atoms with van der Waals surface area (Å²) in [6.45, 7) is 8.09. The molecule has 3 rings (SSSR count). The van der Waals surface area contributed by atoms with Gasteiger partial charge >= 0.3 is 0 Å². The van der Waals surface area contributed by atoms with Gasteiger partial charge in [-0.15, -0.1) is 0 Å². The molecule has 38 heavy (non-hydrogen) atoms. The minimum absolute atomic E-state index is 0.170. The number of anilines is 4. The van der Waals surface area contributed by atoms with Crippen LogP contribution in [0.1, 0.15) is 31.9 Å². The van der Waals surface area contributed by atoms with E-state index in [1.807, 2.05) is 89.5 Å². The number of benzene rings is 2. The first-order chi connectivity index (χ1) is 18.1. The quantitative estimate of drug-likeness (QED) is 0.134. The number of nitrogens with one attached hydrogen (secondary N) is 3. The zero-order valence-electron chi connectivity index (χ0n) is 22.7. The van der Waals surface area contributed by atoms with E-state index in [1.165, 1.54) is 6.33 Å². The van der Waals surface area contributed by atoms with Crippen LogP contribution in [-0.4, -0.2) is 54.4 Å². The molecule has 0 aliphatic rings. The topological polar surface area (TPSA) is 147 Å². The molecule has 0 spiro atoms. The van der Waals surface area contributed by atoms with Crippen molar-refractivity contribution in [3.63, 3.8) is 0 Å². The molecule has 202 valence electrons. The highest BCUT2D eigenvalue weighted by molar-refractivity contribution is 6.16. The third-order valence-electron chi connectivity index (χ3n) is 5.68. The Hall–Kier alpha value is -4.15. The molecule has 10 heteroatoms. The van der Waals surface area contributed by atoms with Crippen LogP contribution < -0.4 is 27.0 Å². The first-order valence-electron chi connectivity index (χ1n) is 12.3. The van der Waals surface area contributed by atoms with Crippen molar-refractivity contribution < 1.29 is 9.57 Å². The van der Waals surface area contributed by atoms with Crippen LogP contribution in [0.5, 0.6) is 5.75 Å². The van der Waals surface area contributed by atoms with Crippen molar-refractivity contribution in [2.75, 3.05) is 50.2 Å². The molecule has 0 unspecified atom stereocenters. The third kappa shape index (κ3) is 7.92. The fourth-order valence-corrected chi connectivity index (χ4v) is 3.55. The molecule has 0 radical (unpaired) electrons. The number of nitrogens with two attached hydrogens (primary N) is 2.